The molecule has 0 radical (unpaired) electrons. The minimum atomic E-state index is -0.341. The van der Waals surface area contributed by atoms with E-state index in [1.807, 2.05) is 29.2 Å². The van der Waals surface area contributed by atoms with Crippen molar-refractivity contribution in [2.24, 2.45) is 4.99 Å². The molecule has 2 saturated heterocycles. The summed E-state index contributed by atoms with van der Waals surface area (Å²) in [6.07, 6.45) is 3.49. The van der Waals surface area contributed by atoms with Gasteiger partial charge in [0, 0.05) is 26.2 Å². The first-order chi connectivity index (χ1) is 21.2. The largest absolute Gasteiger partial charge is 0.497 e. The molecule has 0 spiro atoms. The van der Waals surface area contributed by atoms with E-state index in [1.165, 1.54) is 38.0 Å². The molecule has 3 heterocycles. The van der Waals surface area contributed by atoms with Crippen LogP contribution in [0.15, 0.2) is 51.2 Å². The summed E-state index contributed by atoms with van der Waals surface area (Å²) in [4.78, 5) is 49.2. The van der Waals surface area contributed by atoms with Crippen molar-refractivity contribution in [2.75, 3.05) is 61.2 Å². The van der Waals surface area contributed by atoms with Crippen LogP contribution in [0.4, 0.5) is 0 Å². The van der Waals surface area contributed by atoms with Gasteiger partial charge in [0.25, 0.3) is 11.8 Å². The average Bonchev–Trinajstić information content (AvgIpc) is 3.53. The summed E-state index contributed by atoms with van der Waals surface area (Å²) >= 11 is 7.92. The van der Waals surface area contributed by atoms with Crippen LogP contribution in [0.2, 0.25) is 0 Å². The van der Waals surface area contributed by atoms with Crippen molar-refractivity contribution >= 4 is 75.1 Å². The first-order valence-corrected chi connectivity index (χ1v) is 15.5. The summed E-state index contributed by atoms with van der Waals surface area (Å²) in [7, 11) is 6.16. The Morgan fingerprint density at radius 2 is 1.50 bits per heavy atom. The number of benzene rings is 2. The maximum atomic E-state index is 13.2. The summed E-state index contributed by atoms with van der Waals surface area (Å²) < 4.78 is 21.7. The summed E-state index contributed by atoms with van der Waals surface area (Å²) in [5.74, 6) is 1.27. The molecular weight excluding hydrogens is 625 g/mol. The van der Waals surface area contributed by atoms with E-state index in [9.17, 15) is 14.4 Å². The van der Waals surface area contributed by atoms with Crippen LogP contribution in [-0.2, 0) is 14.4 Å². The van der Waals surface area contributed by atoms with E-state index in [0.29, 0.717) is 68.3 Å². The molecule has 3 aliphatic rings. The molecule has 0 aliphatic carbocycles. The molecule has 3 aliphatic heterocycles. The fraction of sp³-hybridized carbons (Fsp3) is 0.300. The molecule has 2 aromatic carbocycles. The lowest BCUT2D eigenvalue weighted by Gasteiger charge is -2.35. The number of aliphatic imine (C=N–C) groups is 1. The average molecular weight is 655 g/mol. The highest BCUT2D eigenvalue weighted by atomic mass is 32.2. The van der Waals surface area contributed by atoms with Crippen LogP contribution >= 0.6 is 35.7 Å². The number of nitrogens with zero attached hydrogens (tertiary/aromatic N) is 4. The maximum Gasteiger partial charge on any atom is 0.286 e. The zero-order valence-electron chi connectivity index (χ0n) is 24.5. The number of thiocarbonyl (C=S) groups is 1. The summed E-state index contributed by atoms with van der Waals surface area (Å²) in [6.45, 7) is 1.74. The van der Waals surface area contributed by atoms with Gasteiger partial charge in [0.2, 0.25) is 11.7 Å². The van der Waals surface area contributed by atoms with E-state index >= 15 is 0 Å². The van der Waals surface area contributed by atoms with E-state index in [1.54, 1.807) is 36.3 Å². The lowest BCUT2D eigenvalue weighted by molar-refractivity contribution is -0.136. The number of hydrogen-bond donors (Lipinski definition) is 0. The number of amides is 3. The predicted molar refractivity (Wildman–Crippen MR) is 175 cm³/mol. The molecule has 3 amide bonds. The monoisotopic (exact) mass is 654 g/mol. The molecule has 230 valence electrons. The fourth-order valence-corrected chi connectivity index (χ4v) is 6.96. The van der Waals surface area contributed by atoms with E-state index in [4.69, 9.17) is 31.2 Å². The van der Waals surface area contributed by atoms with Crippen LogP contribution < -0.4 is 18.9 Å². The lowest BCUT2D eigenvalue weighted by atomic mass is 10.1. The van der Waals surface area contributed by atoms with Gasteiger partial charge in [-0.3, -0.25) is 19.3 Å². The highest BCUT2D eigenvalue weighted by Crippen LogP contribution is 2.40. The van der Waals surface area contributed by atoms with Crippen LogP contribution in [0.25, 0.3) is 12.2 Å². The number of methoxy groups -OCH3 is 4. The SMILES string of the molecule is COc1ccc(/C=C2/SC(N3CCN(C(=O)CN4C(=O)/C(=C/c5cc(OC)c(OC)c(OC)c5)SC4=S)CC3)=NC2=O)cc1. The number of carbonyl (C=O) groups is 3. The van der Waals surface area contributed by atoms with E-state index in [-0.39, 0.29) is 24.3 Å². The molecule has 0 N–H and O–H groups in total. The van der Waals surface area contributed by atoms with Gasteiger partial charge in [-0.1, -0.05) is 36.1 Å². The number of hydrogen-bond acceptors (Lipinski definition) is 11. The molecule has 0 unspecified atom stereocenters. The van der Waals surface area contributed by atoms with Crippen LogP contribution in [-0.4, -0.2) is 103 Å². The van der Waals surface area contributed by atoms with Crippen molar-refractivity contribution in [3.63, 3.8) is 0 Å². The van der Waals surface area contributed by atoms with Crippen LogP contribution in [0.3, 0.4) is 0 Å². The zero-order valence-corrected chi connectivity index (χ0v) is 27.0. The number of rotatable bonds is 8. The van der Waals surface area contributed by atoms with Gasteiger partial charge in [0.05, 0.1) is 38.2 Å². The second-order valence-electron chi connectivity index (χ2n) is 9.68. The van der Waals surface area contributed by atoms with E-state index in [2.05, 4.69) is 4.99 Å². The van der Waals surface area contributed by atoms with Crippen molar-refractivity contribution in [3.05, 3.63) is 57.3 Å². The third-order valence-corrected chi connectivity index (χ3v) is 9.50. The number of amidine groups is 1. The molecule has 14 heteroatoms. The number of carbonyl (C=O) groups excluding carboxylic acids is 3. The quantitative estimate of drug-likeness (QED) is 0.307. The second kappa shape index (κ2) is 13.7. The third-order valence-electron chi connectivity index (χ3n) is 7.08. The summed E-state index contributed by atoms with van der Waals surface area (Å²) in [5.41, 5.74) is 1.54. The van der Waals surface area contributed by atoms with Crippen LogP contribution in [0, 0.1) is 0 Å². The molecule has 0 atom stereocenters. The first kappa shape index (κ1) is 31.4. The first-order valence-electron chi connectivity index (χ1n) is 13.5. The van der Waals surface area contributed by atoms with Crippen molar-refractivity contribution in [1.82, 2.24) is 14.7 Å². The summed E-state index contributed by atoms with van der Waals surface area (Å²) in [5, 5.41) is 0.621. The number of ether oxygens (including phenoxy) is 4. The standard InChI is InChI=1S/C30H30N4O7S3/c1-38-20-7-5-18(6-8-20)15-23-27(36)31-29(43-23)33-11-9-32(10-12-33)25(35)17-34-28(37)24(44-30(34)42)16-19-13-21(39-2)26(41-4)22(14-19)40-3/h5-8,13-16H,9-12,17H2,1-4H3/b23-15+,24-16-. The lowest BCUT2D eigenvalue weighted by Crippen LogP contribution is -2.52. The van der Waals surface area contributed by atoms with Crippen LogP contribution in [0.1, 0.15) is 11.1 Å². The molecule has 2 fully saturated rings. The molecule has 0 saturated carbocycles. The Morgan fingerprint density at radius 3 is 2.09 bits per heavy atom. The molecule has 2 aromatic rings. The van der Waals surface area contributed by atoms with Gasteiger partial charge in [-0.05, 0) is 59.3 Å². The fourth-order valence-electron chi connectivity index (χ4n) is 4.74. The van der Waals surface area contributed by atoms with Gasteiger partial charge < -0.3 is 28.7 Å². The Balaban J connectivity index is 1.17. The van der Waals surface area contributed by atoms with E-state index < -0.39 is 0 Å². The van der Waals surface area contributed by atoms with Crippen LogP contribution in [0.5, 0.6) is 23.0 Å². The minimum Gasteiger partial charge on any atom is -0.497 e. The van der Waals surface area contributed by atoms with Gasteiger partial charge >= 0.3 is 0 Å². The molecule has 5 rings (SSSR count). The summed E-state index contributed by atoms with van der Waals surface area (Å²) in [6, 6.07) is 10.9. The Kier molecular flexibility index (Phi) is 9.81. The Bertz CT molecular complexity index is 1560. The van der Waals surface area contributed by atoms with Gasteiger partial charge in [-0.2, -0.15) is 4.99 Å². The molecule has 0 aromatic heterocycles. The highest BCUT2D eigenvalue weighted by Gasteiger charge is 2.36. The number of thioether (sulfide) groups is 2. The second-order valence-corrected chi connectivity index (χ2v) is 12.4. The maximum absolute atomic E-state index is 13.2. The third kappa shape index (κ3) is 6.71. The van der Waals surface area contributed by atoms with Crippen molar-refractivity contribution in [1.29, 1.82) is 0 Å². The predicted octanol–water partition coefficient (Wildman–Crippen LogP) is 3.74. The normalized spacial score (nSPS) is 18.8. The van der Waals surface area contributed by atoms with Gasteiger partial charge in [0.15, 0.2) is 16.7 Å². The highest BCUT2D eigenvalue weighted by molar-refractivity contribution is 8.26. The van der Waals surface area contributed by atoms with Crippen molar-refractivity contribution in [2.45, 2.75) is 0 Å². The number of piperazine rings is 1. The topological polar surface area (TPSA) is 110 Å². The Morgan fingerprint density at radius 1 is 0.864 bits per heavy atom. The molecule has 44 heavy (non-hydrogen) atoms. The van der Waals surface area contributed by atoms with Crippen molar-refractivity contribution < 1.29 is 33.3 Å². The smallest absolute Gasteiger partial charge is 0.286 e. The van der Waals surface area contributed by atoms with E-state index in [0.717, 1.165) is 23.1 Å². The Hall–Kier alpha value is -4.01. The molecule has 0 bridgehead atoms. The Labute approximate surface area is 268 Å². The molecule has 11 nitrogen and oxygen atoms in total. The molecular formula is C30H30N4O7S3. The van der Waals surface area contributed by atoms with Gasteiger partial charge in [0.1, 0.15) is 16.6 Å². The van der Waals surface area contributed by atoms with Gasteiger partial charge in [-0.15, -0.1) is 0 Å². The van der Waals surface area contributed by atoms with Gasteiger partial charge in [-0.25, -0.2) is 0 Å². The zero-order chi connectivity index (χ0) is 31.4. The minimum absolute atomic E-state index is 0.153. The van der Waals surface area contributed by atoms with Crippen molar-refractivity contribution in [3.8, 4) is 23.0 Å².